The van der Waals surface area contributed by atoms with E-state index in [1.807, 2.05) is 6.07 Å². The van der Waals surface area contributed by atoms with Gasteiger partial charge in [-0.05, 0) is 29.8 Å². The summed E-state index contributed by atoms with van der Waals surface area (Å²) in [5.74, 6) is 0.0213. The molecule has 0 saturated carbocycles. The first kappa shape index (κ1) is 18.0. The van der Waals surface area contributed by atoms with E-state index in [9.17, 15) is 9.59 Å². The van der Waals surface area contributed by atoms with Crippen molar-refractivity contribution in [1.29, 1.82) is 5.26 Å². The summed E-state index contributed by atoms with van der Waals surface area (Å²) in [4.78, 5) is 25.2. The highest BCUT2D eigenvalue weighted by atomic mass is 16.5. The van der Waals surface area contributed by atoms with E-state index in [2.05, 4.69) is 5.32 Å². The highest BCUT2D eigenvalue weighted by molar-refractivity contribution is 5.93. The normalized spacial score (nSPS) is 9.80. The van der Waals surface area contributed by atoms with E-state index >= 15 is 0 Å². The highest BCUT2D eigenvalue weighted by Crippen LogP contribution is 2.16. The van der Waals surface area contributed by atoms with Gasteiger partial charge in [0.2, 0.25) is 0 Å². The SMILES string of the molecule is CN(C)C(=O)c1ccc(CNC(=O)COc2ccccc2C#N)cc1. The van der Waals surface area contributed by atoms with E-state index < -0.39 is 0 Å². The maximum atomic E-state index is 11.9. The molecule has 0 radical (unpaired) electrons. The first-order chi connectivity index (χ1) is 12.0. The van der Waals surface area contributed by atoms with Gasteiger partial charge in [-0.2, -0.15) is 5.26 Å². The number of nitrogens with zero attached hydrogens (tertiary/aromatic N) is 2. The standard InChI is InChI=1S/C19H19N3O3/c1-22(2)19(24)15-9-7-14(8-10-15)12-21-18(23)13-25-17-6-4-3-5-16(17)11-20/h3-10H,12-13H2,1-2H3,(H,21,23). The van der Waals surface area contributed by atoms with Crippen molar-refractivity contribution in [3.8, 4) is 11.8 Å². The zero-order chi connectivity index (χ0) is 18.2. The maximum absolute atomic E-state index is 11.9. The predicted molar refractivity (Wildman–Crippen MR) is 93.0 cm³/mol. The van der Waals surface area contributed by atoms with Gasteiger partial charge in [-0.15, -0.1) is 0 Å². The Morgan fingerprint density at radius 1 is 1.12 bits per heavy atom. The second kappa shape index (κ2) is 8.50. The van der Waals surface area contributed by atoms with Gasteiger partial charge in [-0.3, -0.25) is 9.59 Å². The lowest BCUT2D eigenvalue weighted by atomic mass is 10.1. The van der Waals surface area contributed by atoms with Crippen molar-refractivity contribution < 1.29 is 14.3 Å². The Morgan fingerprint density at radius 3 is 2.44 bits per heavy atom. The number of para-hydroxylation sites is 1. The molecular formula is C19H19N3O3. The third-order valence-corrected chi connectivity index (χ3v) is 3.46. The Hall–Kier alpha value is -3.33. The van der Waals surface area contributed by atoms with E-state index in [0.717, 1.165) is 5.56 Å². The van der Waals surface area contributed by atoms with Crippen LogP contribution < -0.4 is 10.1 Å². The minimum absolute atomic E-state index is 0.0693. The van der Waals surface area contributed by atoms with E-state index in [0.29, 0.717) is 23.4 Å². The number of rotatable bonds is 6. The smallest absolute Gasteiger partial charge is 0.258 e. The van der Waals surface area contributed by atoms with Crippen molar-refractivity contribution in [2.75, 3.05) is 20.7 Å². The van der Waals surface area contributed by atoms with Gasteiger partial charge >= 0.3 is 0 Å². The summed E-state index contributed by atoms with van der Waals surface area (Å²) in [6.45, 7) is 0.161. The van der Waals surface area contributed by atoms with Gasteiger partial charge in [-0.25, -0.2) is 0 Å². The number of nitriles is 1. The lowest BCUT2D eigenvalue weighted by molar-refractivity contribution is -0.123. The average Bonchev–Trinajstić information content (AvgIpc) is 2.64. The molecule has 2 amide bonds. The molecule has 0 atom stereocenters. The fraction of sp³-hybridized carbons (Fsp3) is 0.211. The van der Waals surface area contributed by atoms with E-state index in [1.165, 1.54) is 4.90 Å². The van der Waals surface area contributed by atoms with Crippen LogP contribution in [0.1, 0.15) is 21.5 Å². The zero-order valence-corrected chi connectivity index (χ0v) is 14.2. The van der Waals surface area contributed by atoms with E-state index in [4.69, 9.17) is 10.00 Å². The fourth-order valence-electron chi connectivity index (χ4n) is 2.10. The molecule has 0 saturated heterocycles. The molecule has 25 heavy (non-hydrogen) atoms. The largest absolute Gasteiger partial charge is 0.482 e. The number of ether oxygens (including phenoxy) is 1. The van der Waals surface area contributed by atoms with Crippen LogP contribution in [0.15, 0.2) is 48.5 Å². The first-order valence-electron chi connectivity index (χ1n) is 7.70. The van der Waals surface area contributed by atoms with Crippen molar-refractivity contribution in [3.63, 3.8) is 0 Å². The van der Waals surface area contributed by atoms with Crippen molar-refractivity contribution in [2.24, 2.45) is 0 Å². The van der Waals surface area contributed by atoms with E-state index in [1.54, 1.807) is 62.6 Å². The highest BCUT2D eigenvalue weighted by Gasteiger charge is 2.08. The van der Waals surface area contributed by atoms with Crippen LogP contribution >= 0.6 is 0 Å². The molecule has 6 nitrogen and oxygen atoms in total. The second-order valence-corrected chi connectivity index (χ2v) is 5.57. The van der Waals surface area contributed by atoms with Crippen LogP contribution in [0.3, 0.4) is 0 Å². The minimum Gasteiger partial charge on any atom is -0.482 e. The Bertz CT molecular complexity index is 792. The lowest BCUT2D eigenvalue weighted by Crippen LogP contribution is -2.28. The van der Waals surface area contributed by atoms with Crippen LogP contribution in [0.25, 0.3) is 0 Å². The molecule has 0 aliphatic rings. The molecule has 2 aromatic carbocycles. The van der Waals surface area contributed by atoms with Crippen LogP contribution in [0, 0.1) is 11.3 Å². The molecule has 128 valence electrons. The van der Waals surface area contributed by atoms with Gasteiger partial charge in [0, 0.05) is 26.2 Å². The fourth-order valence-corrected chi connectivity index (χ4v) is 2.10. The Balaban J connectivity index is 1.84. The van der Waals surface area contributed by atoms with Gasteiger partial charge in [-0.1, -0.05) is 24.3 Å². The Kier molecular flexibility index (Phi) is 6.13. The summed E-state index contributed by atoms with van der Waals surface area (Å²) in [6.07, 6.45) is 0. The summed E-state index contributed by atoms with van der Waals surface area (Å²) < 4.78 is 5.37. The third kappa shape index (κ3) is 5.08. The monoisotopic (exact) mass is 337 g/mol. The lowest BCUT2D eigenvalue weighted by Gasteiger charge is -2.11. The molecule has 2 aromatic rings. The van der Waals surface area contributed by atoms with Crippen LogP contribution in [0.5, 0.6) is 5.75 Å². The first-order valence-corrected chi connectivity index (χ1v) is 7.70. The molecule has 1 N–H and O–H groups in total. The molecule has 0 unspecified atom stereocenters. The van der Waals surface area contributed by atoms with Crippen molar-refractivity contribution >= 4 is 11.8 Å². The maximum Gasteiger partial charge on any atom is 0.258 e. The molecule has 0 aromatic heterocycles. The van der Waals surface area contributed by atoms with Crippen molar-refractivity contribution in [1.82, 2.24) is 10.2 Å². The molecule has 0 bridgehead atoms. The molecule has 0 fully saturated rings. The van der Waals surface area contributed by atoms with Crippen LogP contribution in [0.4, 0.5) is 0 Å². The molecule has 0 aliphatic heterocycles. The number of benzene rings is 2. The van der Waals surface area contributed by atoms with Crippen molar-refractivity contribution in [3.05, 3.63) is 65.2 Å². The van der Waals surface area contributed by atoms with Crippen molar-refractivity contribution in [2.45, 2.75) is 6.54 Å². The zero-order valence-electron chi connectivity index (χ0n) is 14.2. The van der Waals surface area contributed by atoms with Crippen LogP contribution in [-0.2, 0) is 11.3 Å². The average molecular weight is 337 g/mol. The Morgan fingerprint density at radius 2 is 1.80 bits per heavy atom. The number of nitrogens with one attached hydrogen (secondary N) is 1. The molecule has 0 spiro atoms. The number of hydrogen-bond acceptors (Lipinski definition) is 4. The third-order valence-electron chi connectivity index (χ3n) is 3.46. The Labute approximate surface area is 146 Å². The van der Waals surface area contributed by atoms with Crippen LogP contribution in [0.2, 0.25) is 0 Å². The second-order valence-electron chi connectivity index (χ2n) is 5.57. The predicted octanol–water partition coefficient (Wildman–Crippen LogP) is 1.96. The molecule has 0 aliphatic carbocycles. The molecule has 6 heteroatoms. The van der Waals surface area contributed by atoms with E-state index in [-0.39, 0.29) is 18.4 Å². The molecule has 0 heterocycles. The summed E-state index contributed by atoms with van der Waals surface area (Å²) in [6, 6.07) is 15.8. The van der Waals surface area contributed by atoms with Gasteiger partial charge in [0.25, 0.3) is 11.8 Å². The minimum atomic E-state index is -0.291. The quantitative estimate of drug-likeness (QED) is 0.873. The summed E-state index contributed by atoms with van der Waals surface area (Å²) >= 11 is 0. The number of hydrogen-bond donors (Lipinski definition) is 1. The van der Waals surface area contributed by atoms with Gasteiger partial charge in [0.15, 0.2) is 6.61 Å². The summed E-state index contributed by atoms with van der Waals surface area (Å²) in [5, 5.41) is 11.7. The summed E-state index contributed by atoms with van der Waals surface area (Å²) in [5.41, 5.74) is 1.86. The number of carbonyl (C=O) groups excluding carboxylic acids is 2. The van der Waals surface area contributed by atoms with Crippen LogP contribution in [-0.4, -0.2) is 37.4 Å². The van der Waals surface area contributed by atoms with Gasteiger partial charge < -0.3 is 15.0 Å². The molecule has 2 rings (SSSR count). The topological polar surface area (TPSA) is 82.4 Å². The number of carbonyl (C=O) groups is 2. The van der Waals surface area contributed by atoms with Gasteiger partial charge in [0.05, 0.1) is 5.56 Å². The summed E-state index contributed by atoms with van der Waals surface area (Å²) in [7, 11) is 3.39. The van der Waals surface area contributed by atoms with Gasteiger partial charge in [0.1, 0.15) is 11.8 Å². The molecular weight excluding hydrogens is 318 g/mol. The number of amides is 2.